The van der Waals surface area contributed by atoms with Gasteiger partial charge in [0.05, 0.1) is 0 Å². The molecule has 0 aliphatic heterocycles. The molecule has 1 atom stereocenters. The van der Waals surface area contributed by atoms with Gasteiger partial charge >= 0.3 is 0 Å². The summed E-state index contributed by atoms with van der Waals surface area (Å²) >= 11 is 2.46. The Morgan fingerprint density at radius 3 is 3.08 bits per heavy atom. The zero-order valence-electron chi connectivity index (χ0n) is 8.48. The summed E-state index contributed by atoms with van der Waals surface area (Å²) in [7, 11) is 0. The van der Waals surface area contributed by atoms with E-state index in [0.717, 1.165) is 0 Å². The number of hydrogen-bond donors (Lipinski definition) is 0. The molecule has 0 heterocycles. The van der Waals surface area contributed by atoms with Crippen molar-refractivity contribution in [3.8, 4) is 0 Å². The Morgan fingerprint density at radius 1 is 1.69 bits per heavy atom. The highest BCUT2D eigenvalue weighted by atomic mass is 127. The van der Waals surface area contributed by atoms with Crippen LogP contribution in [-0.4, -0.2) is 4.43 Å². The molecule has 0 amide bonds. The highest BCUT2D eigenvalue weighted by Gasteiger charge is 2.28. The van der Waals surface area contributed by atoms with Crippen molar-refractivity contribution in [2.24, 2.45) is 5.41 Å². The largest absolute Gasteiger partial charge is 0.0988 e. The molecule has 0 aromatic carbocycles. The first-order valence-corrected chi connectivity index (χ1v) is 6.64. The van der Waals surface area contributed by atoms with Crippen LogP contribution < -0.4 is 0 Å². The molecular weight excluding hydrogens is 271 g/mol. The lowest BCUT2D eigenvalue weighted by molar-refractivity contribution is 0.318. The summed E-state index contributed by atoms with van der Waals surface area (Å²) in [5, 5.41) is 0. The number of alkyl halides is 1. The molecule has 0 bridgehead atoms. The lowest BCUT2D eigenvalue weighted by Gasteiger charge is -2.34. The molecular formula is C12H19I. The Balaban J connectivity index is 2.67. The summed E-state index contributed by atoms with van der Waals surface area (Å²) in [6.07, 6.45) is 11.1. The predicted octanol–water partition coefficient (Wildman–Crippen LogP) is 4.50. The summed E-state index contributed by atoms with van der Waals surface area (Å²) in [5.74, 6) is 0. The lowest BCUT2D eigenvalue weighted by atomic mass is 9.71. The van der Waals surface area contributed by atoms with Crippen LogP contribution in [0.15, 0.2) is 24.3 Å². The third-order valence-corrected chi connectivity index (χ3v) is 3.84. The topological polar surface area (TPSA) is 0 Å². The van der Waals surface area contributed by atoms with Gasteiger partial charge in [-0.05, 0) is 47.5 Å². The number of hydrogen-bond acceptors (Lipinski definition) is 0. The molecule has 1 aliphatic carbocycles. The Morgan fingerprint density at radius 2 is 2.46 bits per heavy atom. The third-order valence-electron chi connectivity index (χ3n) is 3.08. The van der Waals surface area contributed by atoms with Crippen molar-refractivity contribution in [2.75, 3.05) is 4.43 Å². The molecule has 0 aromatic heterocycles. The molecule has 0 spiro atoms. The molecule has 13 heavy (non-hydrogen) atoms. The zero-order valence-corrected chi connectivity index (χ0v) is 10.6. The van der Waals surface area contributed by atoms with Crippen LogP contribution in [0.3, 0.4) is 0 Å². The number of rotatable bonds is 4. The number of allylic oxidation sites excluding steroid dienone is 3. The van der Waals surface area contributed by atoms with Gasteiger partial charge in [0.2, 0.25) is 0 Å². The van der Waals surface area contributed by atoms with Gasteiger partial charge in [-0.1, -0.05) is 48.2 Å². The van der Waals surface area contributed by atoms with Crippen molar-refractivity contribution in [3.05, 3.63) is 24.3 Å². The minimum Gasteiger partial charge on any atom is -0.0988 e. The molecule has 1 unspecified atom stereocenters. The average molecular weight is 290 g/mol. The van der Waals surface area contributed by atoms with Crippen LogP contribution >= 0.6 is 22.6 Å². The van der Waals surface area contributed by atoms with E-state index in [0.29, 0.717) is 5.41 Å². The van der Waals surface area contributed by atoms with Gasteiger partial charge in [0, 0.05) is 0 Å². The maximum atomic E-state index is 3.92. The van der Waals surface area contributed by atoms with E-state index in [1.54, 1.807) is 0 Å². The lowest BCUT2D eigenvalue weighted by Crippen LogP contribution is -2.21. The van der Waals surface area contributed by atoms with E-state index in [9.17, 15) is 0 Å². The van der Waals surface area contributed by atoms with Crippen LogP contribution in [0, 0.1) is 5.41 Å². The van der Waals surface area contributed by atoms with Gasteiger partial charge in [-0.15, -0.1) is 0 Å². The van der Waals surface area contributed by atoms with Crippen molar-refractivity contribution >= 4 is 22.6 Å². The molecule has 1 aliphatic rings. The molecule has 0 N–H and O–H groups in total. The van der Waals surface area contributed by atoms with Crippen LogP contribution in [-0.2, 0) is 0 Å². The Kier molecular flexibility index (Phi) is 4.50. The first kappa shape index (κ1) is 11.3. The van der Waals surface area contributed by atoms with Crippen LogP contribution in [0.5, 0.6) is 0 Å². The van der Waals surface area contributed by atoms with Gasteiger partial charge in [0.1, 0.15) is 0 Å². The molecule has 74 valence electrons. The molecule has 0 saturated heterocycles. The summed E-state index contributed by atoms with van der Waals surface area (Å²) in [6.45, 7) is 6.31. The van der Waals surface area contributed by atoms with E-state index in [2.05, 4.69) is 48.2 Å². The highest BCUT2D eigenvalue weighted by molar-refractivity contribution is 14.1. The minimum absolute atomic E-state index is 0.436. The fourth-order valence-corrected chi connectivity index (χ4v) is 2.58. The van der Waals surface area contributed by atoms with E-state index in [1.165, 1.54) is 42.1 Å². The molecule has 0 aromatic rings. The second-order valence-corrected chi connectivity index (χ2v) is 5.19. The van der Waals surface area contributed by atoms with Gasteiger partial charge in [-0.3, -0.25) is 0 Å². The van der Waals surface area contributed by atoms with Gasteiger partial charge < -0.3 is 0 Å². The van der Waals surface area contributed by atoms with Gasteiger partial charge in [-0.2, -0.15) is 0 Å². The first-order valence-electron chi connectivity index (χ1n) is 5.12. The maximum Gasteiger partial charge on any atom is -0.000441 e. The molecule has 0 saturated carbocycles. The van der Waals surface area contributed by atoms with E-state index in [1.807, 2.05) is 0 Å². The Bertz CT molecular complexity index is 205. The third kappa shape index (κ3) is 2.83. The maximum absolute atomic E-state index is 3.92. The summed E-state index contributed by atoms with van der Waals surface area (Å²) in [4.78, 5) is 0. The quantitative estimate of drug-likeness (QED) is 0.528. The molecule has 1 heteroatoms. The SMILES string of the molecule is C=CC1=CCCCC1(C)CCCI. The normalized spacial score (nSPS) is 28.3. The minimum atomic E-state index is 0.436. The van der Waals surface area contributed by atoms with E-state index < -0.39 is 0 Å². The van der Waals surface area contributed by atoms with Crippen LogP contribution in [0.25, 0.3) is 0 Å². The zero-order chi connectivity index (χ0) is 9.73. The average Bonchev–Trinajstić information content (AvgIpc) is 2.16. The predicted molar refractivity (Wildman–Crippen MR) is 68.4 cm³/mol. The fraction of sp³-hybridized carbons (Fsp3) is 0.667. The molecule has 0 fully saturated rings. The first-order chi connectivity index (χ1) is 6.23. The van der Waals surface area contributed by atoms with Crippen molar-refractivity contribution < 1.29 is 0 Å². The van der Waals surface area contributed by atoms with E-state index in [-0.39, 0.29) is 0 Å². The molecule has 1 rings (SSSR count). The van der Waals surface area contributed by atoms with Crippen molar-refractivity contribution in [1.82, 2.24) is 0 Å². The monoisotopic (exact) mass is 290 g/mol. The van der Waals surface area contributed by atoms with Gasteiger partial charge in [0.15, 0.2) is 0 Å². The van der Waals surface area contributed by atoms with Crippen LogP contribution in [0.4, 0.5) is 0 Å². The Labute approximate surface area is 95.6 Å². The van der Waals surface area contributed by atoms with E-state index in [4.69, 9.17) is 0 Å². The van der Waals surface area contributed by atoms with Crippen LogP contribution in [0.2, 0.25) is 0 Å². The molecule has 0 nitrogen and oxygen atoms in total. The van der Waals surface area contributed by atoms with Gasteiger partial charge in [0.25, 0.3) is 0 Å². The number of halogens is 1. The van der Waals surface area contributed by atoms with E-state index >= 15 is 0 Å². The van der Waals surface area contributed by atoms with Crippen molar-refractivity contribution in [1.29, 1.82) is 0 Å². The Hall–Kier alpha value is 0.210. The summed E-state index contributed by atoms with van der Waals surface area (Å²) < 4.78 is 1.28. The second kappa shape index (κ2) is 5.18. The van der Waals surface area contributed by atoms with Gasteiger partial charge in [-0.25, -0.2) is 0 Å². The summed E-state index contributed by atoms with van der Waals surface area (Å²) in [6, 6.07) is 0. The summed E-state index contributed by atoms with van der Waals surface area (Å²) in [5.41, 5.74) is 1.93. The smallest absolute Gasteiger partial charge is 0.000441 e. The second-order valence-electron chi connectivity index (χ2n) is 4.11. The highest BCUT2D eigenvalue weighted by Crippen LogP contribution is 2.41. The fourth-order valence-electron chi connectivity index (χ4n) is 2.20. The van der Waals surface area contributed by atoms with Crippen molar-refractivity contribution in [2.45, 2.75) is 39.0 Å². The molecule has 0 radical (unpaired) electrons. The van der Waals surface area contributed by atoms with Crippen molar-refractivity contribution in [3.63, 3.8) is 0 Å². The van der Waals surface area contributed by atoms with Crippen LogP contribution in [0.1, 0.15) is 39.0 Å². The standard InChI is InChI=1S/C12H19I/c1-3-11-7-4-5-8-12(11,2)9-6-10-13/h3,7H,1,4-6,8-10H2,2H3.